The van der Waals surface area contributed by atoms with Crippen LogP contribution in [0.3, 0.4) is 0 Å². The van der Waals surface area contributed by atoms with Gasteiger partial charge in [0.25, 0.3) is 0 Å². The van der Waals surface area contributed by atoms with Gasteiger partial charge in [0, 0.05) is 6.42 Å². The van der Waals surface area contributed by atoms with Gasteiger partial charge in [-0.3, -0.25) is 0 Å². The van der Waals surface area contributed by atoms with Crippen molar-refractivity contribution in [2.45, 2.75) is 32.7 Å². The first-order valence-electron chi connectivity index (χ1n) is 6.39. The molecule has 4 N–H and O–H groups in total. The summed E-state index contributed by atoms with van der Waals surface area (Å²) in [5.41, 5.74) is 9.07. The minimum Gasteiger partial charge on any atom is -0.392 e. The summed E-state index contributed by atoms with van der Waals surface area (Å²) in [6.45, 7) is 3.90. The Morgan fingerprint density at radius 3 is 3.00 bits per heavy atom. The van der Waals surface area contributed by atoms with Gasteiger partial charge in [-0.2, -0.15) is 0 Å². The van der Waals surface area contributed by atoms with Crippen LogP contribution >= 0.6 is 0 Å². The highest BCUT2D eigenvalue weighted by molar-refractivity contribution is 5.73. The van der Waals surface area contributed by atoms with Gasteiger partial charge in [0.1, 0.15) is 11.3 Å². The third-order valence-corrected chi connectivity index (χ3v) is 2.86. The van der Waals surface area contributed by atoms with E-state index >= 15 is 0 Å². The van der Waals surface area contributed by atoms with Crippen molar-refractivity contribution in [1.29, 1.82) is 0 Å². The molecule has 2 aromatic heterocycles. The van der Waals surface area contributed by atoms with Crippen molar-refractivity contribution in [3.05, 3.63) is 29.5 Å². The van der Waals surface area contributed by atoms with Crippen molar-refractivity contribution in [3.8, 4) is 0 Å². The Morgan fingerprint density at radius 1 is 1.53 bits per heavy atom. The van der Waals surface area contributed by atoms with E-state index in [9.17, 15) is 0 Å². The summed E-state index contributed by atoms with van der Waals surface area (Å²) in [5.74, 6) is 0.752. The van der Waals surface area contributed by atoms with Crippen molar-refractivity contribution in [1.82, 2.24) is 19.9 Å². The number of aromatic amines is 1. The number of aliphatic hydroxyl groups excluding tert-OH is 1. The summed E-state index contributed by atoms with van der Waals surface area (Å²) in [7, 11) is 0. The van der Waals surface area contributed by atoms with Crippen molar-refractivity contribution in [3.63, 3.8) is 0 Å². The van der Waals surface area contributed by atoms with Gasteiger partial charge in [-0.05, 0) is 13.3 Å². The fourth-order valence-corrected chi connectivity index (χ4v) is 1.92. The predicted octanol–water partition coefficient (Wildman–Crippen LogP) is 1.24. The molecule has 1 unspecified atom stereocenters. The summed E-state index contributed by atoms with van der Waals surface area (Å²) < 4.78 is 0. The number of hydrogen-bond acceptors (Lipinski definition) is 5. The fraction of sp³-hybridized carbons (Fsp3) is 0.462. The number of aliphatic hydroxyl groups is 1. The highest BCUT2D eigenvalue weighted by Crippen LogP contribution is 2.19. The largest absolute Gasteiger partial charge is 0.392 e. The Kier molecular flexibility index (Phi) is 4.24. The van der Waals surface area contributed by atoms with Gasteiger partial charge >= 0.3 is 0 Å². The lowest BCUT2D eigenvalue weighted by Crippen LogP contribution is -2.13. The second kappa shape index (κ2) is 5.90. The monoisotopic (exact) mass is 261 g/mol. The molecule has 0 amide bonds. The summed E-state index contributed by atoms with van der Waals surface area (Å²) in [6, 6.07) is -0.381. The first-order chi connectivity index (χ1) is 9.15. The van der Waals surface area contributed by atoms with E-state index in [1.54, 1.807) is 12.4 Å². The second-order valence-electron chi connectivity index (χ2n) is 4.57. The molecule has 19 heavy (non-hydrogen) atoms. The highest BCUT2D eigenvalue weighted by Gasteiger charge is 2.14. The van der Waals surface area contributed by atoms with Crippen LogP contribution in [-0.4, -0.2) is 31.6 Å². The molecule has 0 saturated heterocycles. The van der Waals surface area contributed by atoms with Crippen LogP contribution in [0, 0.1) is 0 Å². The Balaban J connectivity index is 2.47. The van der Waals surface area contributed by atoms with Gasteiger partial charge < -0.3 is 15.8 Å². The first kappa shape index (κ1) is 13.6. The van der Waals surface area contributed by atoms with Crippen molar-refractivity contribution in [2.24, 2.45) is 5.73 Å². The molecule has 0 aliphatic carbocycles. The predicted molar refractivity (Wildman–Crippen MR) is 73.4 cm³/mol. The van der Waals surface area contributed by atoms with Crippen LogP contribution in [0.4, 0.5) is 0 Å². The Bertz CT molecular complexity index is 590. The zero-order chi connectivity index (χ0) is 13.8. The highest BCUT2D eigenvalue weighted by atomic mass is 16.3. The Labute approximate surface area is 111 Å². The van der Waals surface area contributed by atoms with Gasteiger partial charge in [-0.25, -0.2) is 15.0 Å². The number of imidazole rings is 1. The second-order valence-corrected chi connectivity index (χ2v) is 4.57. The quantitative estimate of drug-likeness (QED) is 0.703. The molecule has 0 aromatic carbocycles. The topological polar surface area (TPSA) is 101 Å². The number of aromatic nitrogens is 4. The molecule has 6 heteroatoms. The van der Waals surface area contributed by atoms with E-state index in [0.717, 1.165) is 35.4 Å². The number of rotatable bonds is 5. The molecule has 0 radical (unpaired) electrons. The molecule has 2 rings (SSSR count). The van der Waals surface area contributed by atoms with Gasteiger partial charge in [0.15, 0.2) is 5.65 Å². The van der Waals surface area contributed by atoms with E-state index in [-0.39, 0.29) is 12.6 Å². The van der Waals surface area contributed by atoms with Crippen molar-refractivity contribution in [2.75, 3.05) is 6.61 Å². The van der Waals surface area contributed by atoms with E-state index in [4.69, 9.17) is 10.8 Å². The SMILES string of the molecule is CCCc1nc(C(N)C=C(C)CO)c2[nH]cnc2n1. The molecule has 0 bridgehead atoms. The van der Waals surface area contributed by atoms with Gasteiger partial charge in [-0.1, -0.05) is 18.6 Å². The van der Waals surface area contributed by atoms with E-state index < -0.39 is 0 Å². The number of hydrogen-bond donors (Lipinski definition) is 3. The zero-order valence-electron chi connectivity index (χ0n) is 11.2. The van der Waals surface area contributed by atoms with Gasteiger partial charge in [0.05, 0.1) is 24.7 Å². The third kappa shape index (κ3) is 2.97. The minimum atomic E-state index is -0.381. The maximum atomic E-state index is 9.07. The van der Waals surface area contributed by atoms with Crippen LogP contribution in [0.5, 0.6) is 0 Å². The molecular weight excluding hydrogens is 242 g/mol. The van der Waals surface area contributed by atoms with Crippen LogP contribution in [0.25, 0.3) is 11.2 Å². The molecular formula is C13H19N5O. The number of nitrogens with one attached hydrogen (secondary N) is 1. The van der Waals surface area contributed by atoms with Crippen LogP contribution < -0.4 is 5.73 Å². The standard InChI is InChI=1S/C13H19N5O/c1-3-4-10-17-11(9(14)5-8(2)6-19)12-13(18-10)16-7-15-12/h5,7,9,19H,3-4,6,14H2,1-2H3,(H,15,16,17,18). The van der Waals surface area contributed by atoms with E-state index in [2.05, 4.69) is 26.9 Å². The zero-order valence-corrected chi connectivity index (χ0v) is 11.2. The lowest BCUT2D eigenvalue weighted by atomic mass is 10.1. The maximum Gasteiger partial charge on any atom is 0.181 e. The number of nitrogens with zero attached hydrogens (tertiary/aromatic N) is 3. The van der Waals surface area contributed by atoms with E-state index in [1.807, 2.05) is 6.92 Å². The van der Waals surface area contributed by atoms with Gasteiger partial charge in [-0.15, -0.1) is 0 Å². The van der Waals surface area contributed by atoms with E-state index in [0.29, 0.717) is 5.65 Å². The van der Waals surface area contributed by atoms with Crippen LogP contribution in [0.2, 0.25) is 0 Å². The Hall–Kier alpha value is -1.79. The van der Waals surface area contributed by atoms with Crippen molar-refractivity contribution >= 4 is 11.2 Å². The van der Waals surface area contributed by atoms with Gasteiger partial charge in [0.2, 0.25) is 0 Å². The summed E-state index contributed by atoms with van der Waals surface area (Å²) in [5, 5.41) is 9.07. The summed E-state index contributed by atoms with van der Waals surface area (Å²) >= 11 is 0. The first-order valence-corrected chi connectivity index (χ1v) is 6.39. The van der Waals surface area contributed by atoms with E-state index in [1.165, 1.54) is 0 Å². The molecule has 0 aliphatic heterocycles. The number of aryl methyl sites for hydroxylation is 1. The number of nitrogens with two attached hydrogens (primary N) is 1. The molecule has 0 saturated carbocycles. The molecule has 0 fully saturated rings. The van der Waals surface area contributed by atoms with Crippen molar-refractivity contribution < 1.29 is 5.11 Å². The molecule has 0 aliphatic rings. The minimum absolute atomic E-state index is 0.00722. The van der Waals surface area contributed by atoms with Crippen LogP contribution in [0.1, 0.15) is 37.8 Å². The molecule has 102 valence electrons. The average Bonchev–Trinajstić information content (AvgIpc) is 2.86. The molecule has 2 aromatic rings. The average molecular weight is 261 g/mol. The molecule has 1 atom stereocenters. The summed E-state index contributed by atoms with van der Waals surface area (Å²) in [4.78, 5) is 16.1. The number of H-pyrrole nitrogens is 1. The molecule has 6 nitrogen and oxygen atoms in total. The lowest BCUT2D eigenvalue weighted by molar-refractivity contribution is 0.330. The third-order valence-electron chi connectivity index (χ3n) is 2.86. The molecule has 2 heterocycles. The maximum absolute atomic E-state index is 9.07. The Morgan fingerprint density at radius 2 is 2.32 bits per heavy atom. The fourth-order valence-electron chi connectivity index (χ4n) is 1.92. The van der Waals surface area contributed by atoms with Crippen LogP contribution in [0.15, 0.2) is 18.0 Å². The smallest absolute Gasteiger partial charge is 0.181 e. The lowest BCUT2D eigenvalue weighted by Gasteiger charge is -2.10. The van der Waals surface area contributed by atoms with Crippen LogP contribution in [-0.2, 0) is 6.42 Å². The molecule has 0 spiro atoms. The summed E-state index contributed by atoms with van der Waals surface area (Å²) in [6.07, 6.45) is 5.16. The normalized spacial score (nSPS) is 14.0. The number of fused-ring (bicyclic) bond motifs is 1.